The maximum Gasteiger partial charge on any atom is 0.114 e. The highest BCUT2D eigenvalue weighted by atomic mass is 15.1. The second-order valence-electron chi connectivity index (χ2n) is 4.90. The molecule has 90 valence electrons. The van der Waals surface area contributed by atoms with E-state index in [1.807, 2.05) is 6.07 Å². The van der Waals surface area contributed by atoms with Crippen LogP contribution < -0.4 is 5.73 Å². The Morgan fingerprint density at radius 1 is 1.35 bits per heavy atom. The number of aromatic nitrogens is 2. The largest absolute Gasteiger partial charge is 0.328 e. The first-order chi connectivity index (χ1) is 8.31. The van der Waals surface area contributed by atoms with Gasteiger partial charge in [0.15, 0.2) is 0 Å². The Hall–Kier alpha value is -1.35. The van der Waals surface area contributed by atoms with Gasteiger partial charge in [0.2, 0.25) is 0 Å². The van der Waals surface area contributed by atoms with Crippen LogP contribution in [0, 0.1) is 0 Å². The van der Waals surface area contributed by atoms with Crippen LogP contribution in [-0.4, -0.2) is 15.6 Å². The van der Waals surface area contributed by atoms with Gasteiger partial charge in [-0.3, -0.25) is 0 Å². The van der Waals surface area contributed by atoms with Crippen LogP contribution in [0.3, 0.4) is 0 Å². The molecule has 3 rings (SSSR count). The number of para-hydroxylation sites is 2. The molecule has 1 fully saturated rings. The van der Waals surface area contributed by atoms with Crippen molar-refractivity contribution in [1.29, 1.82) is 0 Å². The number of rotatable bonds is 2. The maximum atomic E-state index is 6.20. The van der Waals surface area contributed by atoms with E-state index in [0.29, 0.717) is 5.92 Å². The van der Waals surface area contributed by atoms with E-state index in [1.54, 1.807) is 0 Å². The molecule has 0 bridgehead atoms. The zero-order valence-corrected chi connectivity index (χ0v) is 10.3. The number of hydrogen-bond acceptors (Lipinski definition) is 2. The summed E-state index contributed by atoms with van der Waals surface area (Å²) in [5.41, 5.74) is 8.54. The van der Waals surface area contributed by atoms with Crippen molar-refractivity contribution in [3.63, 3.8) is 0 Å². The summed E-state index contributed by atoms with van der Waals surface area (Å²) in [6.07, 6.45) is 3.56. The van der Waals surface area contributed by atoms with Crippen LogP contribution in [0.5, 0.6) is 0 Å². The number of fused-ring (bicyclic) bond motifs is 1. The fraction of sp³-hybridized carbons (Fsp3) is 0.500. The van der Waals surface area contributed by atoms with Crippen molar-refractivity contribution in [2.24, 2.45) is 5.73 Å². The Bertz CT molecular complexity index is 529. The van der Waals surface area contributed by atoms with Gasteiger partial charge in [0, 0.05) is 18.5 Å². The van der Waals surface area contributed by atoms with Crippen molar-refractivity contribution < 1.29 is 0 Å². The number of hydrogen-bond donors (Lipinski definition) is 1. The molecule has 2 unspecified atom stereocenters. The summed E-state index contributed by atoms with van der Waals surface area (Å²) in [7, 11) is 0. The Morgan fingerprint density at radius 2 is 2.18 bits per heavy atom. The molecular formula is C14H19N3. The summed E-state index contributed by atoms with van der Waals surface area (Å²) in [6.45, 7) is 3.15. The first-order valence-corrected chi connectivity index (χ1v) is 6.52. The molecule has 1 aliphatic rings. The predicted octanol–water partition coefficient (Wildman–Crippen LogP) is 2.65. The lowest BCUT2D eigenvalue weighted by atomic mass is 10.0. The van der Waals surface area contributed by atoms with Gasteiger partial charge in [0.1, 0.15) is 5.82 Å². The fourth-order valence-corrected chi connectivity index (χ4v) is 3.02. The van der Waals surface area contributed by atoms with E-state index in [0.717, 1.165) is 18.5 Å². The molecule has 1 aliphatic carbocycles. The number of benzene rings is 1. The van der Waals surface area contributed by atoms with Crippen LogP contribution in [0.1, 0.15) is 37.9 Å². The Labute approximate surface area is 102 Å². The molecule has 1 aromatic carbocycles. The van der Waals surface area contributed by atoms with Crippen molar-refractivity contribution >= 4 is 11.0 Å². The van der Waals surface area contributed by atoms with E-state index in [1.165, 1.54) is 24.2 Å². The quantitative estimate of drug-likeness (QED) is 0.860. The number of nitrogens with two attached hydrogens (primary N) is 1. The molecule has 0 amide bonds. The minimum atomic E-state index is 0.289. The third-order valence-electron chi connectivity index (χ3n) is 3.90. The van der Waals surface area contributed by atoms with E-state index in [-0.39, 0.29) is 6.04 Å². The van der Waals surface area contributed by atoms with Gasteiger partial charge < -0.3 is 10.3 Å². The molecule has 0 aliphatic heterocycles. The van der Waals surface area contributed by atoms with E-state index in [2.05, 4.69) is 29.7 Å². The van der Waals surface area contributed by atoms with Gasteiger partial charge in [-0.25, -0.2) is 4.98 Å². The SMILES string of the molecule is CCn1c(C2CCCC2N)nc2ccccc21. The van der Waals surface area contributed by atoms with E-state index < -0.39 is 0 Å². The summed E-state index contributed by atoms with van der Waals surface area (Å²) in [6, 6.07) is 8.65. The summed E-state index contributed by atoms with van der Waals surface area (Å²) >= 11 is 0. The molecule has 1 heterocycles. The van der Waals surface area contributed by atoms with Crippen molar-refractivity contribution in [3.8, 4) is 0 Å². The monoisotopic (exact) mass is 229 g/mol. The molecule has 0 radical (unpaired) electrons. The summed E-state index contributed by atoms with van der Waals surface area (Å²) in [5.74, 6) is 1.64. The first kappa shape index (κ1) is 10.8. The van der Waals surface area contributed by atoms with Gasteiger partial charge in [0.05, 0.1) is 11.0 Å². The smallest absolute Gasteiger partial charge is 0.114 e. The topological polar surface area (TPSA) is 43.8 Å². The summed E-state index contributed by atoms with van der Waals surface area (Å²) in [5, 5.41) is 0. The van der Waals surface area contributed by atoms with Crippen LogP contribution in [0.15, 0.2) is 24.3 Å². The molecule has 3 heteroatoms. The van der Waals surface area contributed by atoms with Crippen molar-refractivity contribution in [3.05, 3.63) is 30.1 Å². The zero-order chi connectivity index (χ0) is 11.8. The second kappa shape index (κ2) is 4.15. The lowest BCUT2D eigenvalue weighted by Crippen LogP contribution is -2.25. The van der Waals surface area contributed by atoms with Crippen LogP contribution >= 0.6 is 0 Å². The molecule has 2 aromatic rings. The van der Waals surface area contributed by atoms with Crippen LogP contribution in [0.25, 0.3) is 11.0 Å². The molecular weight excluding hydrogens is 210 g/mol. The van der Waals surface area contributed by atoms with Gasteiger partial charge in [0.25, 0.3) is 0 Å². The highest BCUT2D eigenvalue weighted by Crippen LogP contribution is 2.34. The third kappa shape index (κ3) is 1.65. The van der Waals surface area contributed by atoms with Gasteiger partial charge >= 0.3 is 0 Å². The molecule has 1 saturated carbocycles. The summed E-state index contributed by atoms with van der Waals surface area (Å²) in [4.78, 5) is 4.80. The van der Waals surface area contributed by atoms with Crippen LogP contribution in [-0.2, 0) is 6.54 Å². The number of aryl methyl sites for hydroxylation is 1. The lowest BCUT2D eigenvalue weighted by Gasteiger charge is -2.16. The van der Waals surface area contributed by atoms with Crippen LogP contribution in [0.2, 0.25) is 0 Å². The highest BCUT2D eigenvalue weighted by Gasteiger charge is 2.29. The molecule has 2 N–H and O–H groups in total. The fourth-order valence-electron chi connectivity index (χ4n) is 3.02. The predicted molar refractivity (Wildman–Crippen MR) is 70.0 cm³/mol. The van der Waals surface area contributed by atoms with Crippen molar-refractivity contribution in [2.45, 2.75) is 44.7 Å². The molecule has 1 aromatic heterocycles. The zero-order valence-electron chi connectivity index (χ0n) is 10.3. The average Bonchev–Trinajstić information content (AvgIpc) is 2.91. The minimum absolute atomic E-state index is 0.289. The molecule has 0 spiro atoms. The Kier molecular flexibility index (Phi) is 2.63. The standard InChI is InChI=1S/C14H19N3/c1-2-17-13-9-4-3-8-12(13)16-14(17)10-6-5-7-11(10)15/h3-4,8-11H,2,5-7,15H2,1H3. The van der Waals surface area contributed by atoms with Gasteiger partial charge in [-0.05, 0) is 31.9 Å². The first-order valence-electron chi connectivity index (χ1n) is 6.52. The molecule has 0 saturated heterocycles. The molecule has 2 atom stereocenters. The van der Waals surface area contributed by atoms with Gasteiger partial charge in [-0.15, -0.1) is 0 Å². The van der Waals surface area contributed by atoms with Crippen molar-refractivity contribution in [1.82, 2.24) is 9.55 Å². The second-order valence-corrected chi connectivity index (χ2v) is 4.90. The average molecular weight is 229 g/mol. The van der Waals surface area contributed by atoms with Crippen molar-refractivity contribution in [2.75, 3.05) is 0 Å². The van der Waals surface area contributed by atoms with E-state index >= 15 is 0 Å². The van der Waals surface area contributed by atoms with E-state index in [4.69, 9.17) is 10.7 Å². The lowest BCUT2D eigenvalue weighted by molar-refractivity contribution is 0.550. The summed E-state index contributed by atoms with van der Waals surface area (Å²) < 4.78 is 2.32. The van der Waals surface area contributed by atoms with Gasteiger partial charge in [-0.1, -0.05) is 18.6 Å². The number of imidazole rings is 1. The Morgan fingerprint density at radius 3 is 2.88 bits per heavy atom. The minimum Gasteiger partial charge on any atom is -0.328 e. The van der Waals surface area contributed by atoms with E-state index in [9.17, 15) is 0 Å². The highest BCUT2D eigenvalue weighted by molar-refractivity contribution is 5.76. The maximum absolute atomic E-state index is 6.20. The van der Waals surface area contributed by atoms with Crippen LogP contribution in [0.4, 0.5) is 0 Å². The Balaban J connectivity index is 2.15. The third-order valence-corrected chi connectivity index (χ3v) is 3.90. The molecule has 3 nitrogen and oxygen atoms in total. The van der Waals surface area contributed by atoms with Gasteiger partial charge in [-0.2, -0.15) is 0 Å². The normalized spacial score (nSPS) is 24.6. The molecule has 17 heavy (non-hydrogen) atoms. The number of nitrogens with zero attached hydrogens (tertiary/aromatic N) is 2.